The molecule has 1 rings (SSSR count). The zero-order valence-corrected chi connectivity index (χ0v) is 14.1. The van der Waals surface area contributed by atoms with Crippen LogP contribution in [0.2, 0.25) is 5.02 Å². The highest BCUT2D eigenvalue weighted by Gasteiger charge is 2.11. The highest BCUT2D eigenvalue weighted by molar-refractivity contribution is 7.99. The van der Waals surface area contributed by atoms with Crippen molar-refractivity contribution in [1.29, 1.82) is 0 Å². The zero-order valence-electron chi connectivity index (χ0n) is 12.5. The first kappa shape index (κ1) is 17.5. The molecule has 0 aliphatic rings. The summed E-state index contributed by atoms with van der Waals surface area (Å²) >= 11 is 8.14. The van der Waals surface area contributed by atoms with Crippen molar-refractivity contribution >= 4 is 23.4 Å². The van der Waals surface area contributed by atoms with Crippen LogP contribution in [0.15, 0.2) is 12.1 Å². The van der Waals surface area contributed by atoms with Crippen molar-refractivity contribution in [2.75, 3.05) is 31.8 Å². The molecule has 1 aromatic rings. The van der Waals surface area contributed by atoms with Gasteiger partial charge in [0.15, 0.2) is 11.5 Å². The molecule has 0 unspecified atom stereocenters. The van der Waals surface area contributed by atoms with E-state index in [2.05, 4.69) is 19.2 Å². The predicted molar refractivity (Wildman–Crippen MR) is 88.5 cm³/mol. The number of thioether (sulfide) groups is 1. The first-order chi connectivity index (χ1) is 9.72. The minimum atomic E-state index is 0.610. The van der Waals surface area contributed by atoms with Crippen molar-refractivity contribution in [2.45, 2.75) is 26.8 Å². The SMILES string of the molecule is CCCNCc1cc(Cl)c(OCCSCC)c(OC)c1. The molecule has 0 atom stereocenters. The predicted octanol–water partition coefficient (Wildman–Crippen LogP) is 3.98. The average molecular weight is 318 g/mol. The van der Waals surface area contributed by atoms with E-state index < -0.39 is 0 Å². The van der Waals surface area contributed by atoms with E-state index in [9.17, 15) is 0 Å². The molecule has 1 N–H and O–H groups in total. The molecule has 1 aromatic carbocycles. The second-order valence-corrected chi connectivity index (χ2v) is 6.13. The van der Waals surface area contributed by atoms with Crippen molar-refractivity contribution in [3.8, 4) is 11.5 Å². The van der Waals surface area contributed by atoms with Crippen molar-refractivity contribution in [2.24, 2.45) is 0 Å². The summed E-state index contributed by atoms with van der Waals surface area (Å²) in [5.41, 5.74) is 1.11. The molecule has 0 aliphatic heterocycles. The summed E-state index contributed by atoms with van der Waals surface area (Å²) in [7, 11) is 1.64. The highest BCUT2D eigenvalue weighted by Crippen LogP contribution is 2.36. The minimum Gasteiger partial charge on any atom is -0.493 e. The van der Waals surface area contributed by atoms with Crippen LogP contribution in [0, 0.1) is 0 Å². The quantitative estimate of drug-likeness (QED) is 0.661. The third-order valence-corrected chi connectivity index (χ3v) is 3.87. The van der Waals surface area contributed by atoms with Crippen LogP contribution in [0.3, 0.4) is 0 Å². The number of ether oxygens (including phenoxy) is 2. The summed E-state index contributed by atoms with van der Waals surface area (Å²) in [5.74, 6) is 3.39. The van der Waals surface area contributed by atoms with E-state index in [0.717, 1.165) is 36.6 Å². The van der Waals surface area contributed by atoms with Crippen LogP contribution in [0.4, 0.5) is 0 Å². The van der Waals surface area contributed by atoms with Crippen LogP contribution in [0.1, 0.15) is 25.8 Å². The molecular weight excluding hydrogens is 294 g/mol. The standard InChI is InChI=1S/C15H24ClNO2S/c1-4-6-17-11-12-9-13(16)15(14(10-12)18-3)19-7-8-20-5-2/h9-10,17H,4-8,11H2,1-3H3. The fraction of sp³-hybridized carbons (Fsp3) is 0.600. The summed E-state index contributed by atoms with van der Waals surface area (Å²) in [5, 5.41) is 3.96. The lowest BCUT2D eigenvalue weighted by Gasteiger charge is -2.14. The van der Waals surface area contributed by atoms with Gasteiger partial charge in [-0.15, -0.1) is 0 Å². The molecule has 0 bridgehead atoms. The lowest BCUT2D eigenvalue weighted by atomic mass is 10.2. The summed E-state index contributed by atoms with van der Waals surface area (Å²) < 4.78 is 11.1. The zero-order chi connectivity index (χ0) is 14.8. The van der Waals surface area contributed by atoms with Crippen molar-refractivity contribution in [1.82, 2.24) is 5.32 Å². The van der Waals surface area contributed by atoms with Crippen LogP contribution in [-0.2, 0) is 6.54 Å². The van der Waals surface area contributed by atoms with Crippen molar-refractivity contribution < 1.29 is 9.47 Å². The topological polar surface area (TPSA) is 30.5 Å². The Hall–Kier alpha value is -0.580. The lowest BCUT2D eigenvalue weighted by molar-refractivity contribution is 0.313. The third-order valence-electron chi connectivity index (χ3n) is 2.72. The fourth-order valence-corrected chi connectivity index (χ4v) is 2.55. The van der Waals surface area contributed by atoms with Gasteiger partial charge in [-0.05, 0) is 36.4 Å². The maximum Gasteiger partial charge on any atom is 0.179 e. The molecule has 20 heavy (non-hydrogen) atoms. The number of methoxy groups -OCH3 is 1. The maximum atomic E-state index is 6.30. The highest BCUT2D eigenvalue weighted by atomic mass is 35.5. The molecule has 0 heterocycles. The van der Waals surface area contributed by atoms with Gasteiger partial charge in [0.05, 0.1) is 18.7 Å². The number of nitrogens with one attached hydrogen (secondary N) is 1. The Morgan fingerprint density at radius 2 is 2.10 bits per heavy atom. The van der Waals surface area contributed by atoms with Gasteiger partial charge in [-0.2, -0.15) is 11.8 Å². The van der Waals surface area contributed by atoms with Gasteiger partial charge in [0.2, 0.25) is 0 Å². The Kier molecular flexibility index (Phi) is 8.90. The van der Waals surface area contributed by atoms with Gasteiger partial charge in [0.1, 0.15) is 0 Å². The molecule has 0 fully saturated rings. The number of halogens is 1. The van der Waals surface area contributed by atoms with Crippen LogP contribution in [0.25, 0.3) is 0 Å². The van der Waals surface area contributed by atoms with Gasteiger partial charge < -0.3 is 14.8 Å². The minimum absolute atomic E-state index is 0.610. The molecule has 114 valence electrons. The molecule has 0 saturated heterocycles. The van der Waals surface area contributed by atoms with Gasteiger partial charge in [-0.1, -0.05) is 25.4 Å². The van der Waals surface area contributed by atoms with Gasteiger partial charge >= 0.3 is 0 Å². The number of benzene rings is 1. The van der Waals surface area contributed by atoms with Crippen LogP contribution >= 0.6 is 23.4 Å². The van der Waals surface area contributed by atoms with Gasteiger partial charge in [0.25, 0.3) is 0 Å². The van der Waals surface area contributed by atoms with E-state index in [4.69, 9.17) is 21.1 Å². The Morgan fingerprint density at radius 1 is 1.30 bits per heavy atom. The monoisotopic (exact) mass is 317 g/mol. The molecule has 0 radical (unpaired) electrons. The second-order valence-electron chi connectivity index (χ2n) is 4.33. The Morgan fingerprint density at radius 3 is 2.75 bits per heavy atom. The van der Waals surface area contributed by atoms with Crippen molar-refractivity contribution in [3.63, 3.8) is 0 Å². The molecule has 0 aliphatic carbocycles. The summed E-state index contributed by atoms with van der Waals surface area (Å²) in [6.07, 6.45) is 1.11. The van der Waals surface area contributed by atoms with E-state index in [1.165, 1.54) is 0 Å². The average Bonchev–Trinajstić information content (AvgIpc) is 2.45. The molecule has 0 amide bonds. The van der Waals surface area contributed by atoms with Gasteiger partial charge in [-0.3, -0.25) is 0 Å². The molecular formula is C15H24ClNO2S. The first-order valence-electron chi connectivity index (χ1n) is 7.00. The van der Waals surface area contributed by atoms with Crippen LogP contribution in [0.5, 0.6) is 11.5 Å². The van der Waals surface area contributed by atoms with E-state index in [-0.39, 0.29) is 0 Å². The molecule has 0 saturated carbocycles. The van der Waals surface area contributed by atoms with E-state index in [1.54, 1.807) is 7.11 Å². The number of hydrogen-bond donors (Lipinski definition) is 1. The molecule has 5 heteroatoms. The second kappa shape index (κ2) is 10.2. The maximum absolute atomic E-state index is 6.30. The van der Waals surface area contributed by atoms with Gasteiger partial charge in [-0.25, -0.2) is 0 Å². The van der Waals surface area contributed by atoms with E-state index >= 15 is 0 Å². The van der Waals surface area contributed by atoms with E-state index in [1.807, 2.05) is 23.9 Å². The Balaban J connectivity index is 2.69. The van der Waals surface area contributed by atoms with Crippen molar-refractivity contribution in [3.05, 3.63) is 22.7 Å². The number of rotatable bonds is 10. The fourth-order valence-electron chi connectivity index (χ4n) is 1.77. The largest absolute Gasteiger partial charge is 0.493 e. The third kappa shape index (κ3) is 5.81. The Labute approximate surface area is 131 Å². The number of hydrogen-bond acceptors (Lipinski definition) is 4. The van der Waals surface area contributed by atoms with E-state index in [0.29, 0.717) is 23.1 Å². The Bertz CT molecular complexity index is 402. The first-order valence-corrected chi connectivity index (χ1v) is 8.53. The van der Waals surface area contributed by atoms with Crippen LogP contribution < -0.4 is 14.8 Å². The van der Waals surface area contributed by atoms with Crippen LogP contribution in [-0.4, -0.2) is 31.8 Å². The van der Waals surface area contributed by atoms with Gasteiger partial charge in [0, 0.05) is 12.3 Å². The summed E-state index contributed by atoms with van der Waals surface area (Å²) in [4.78, 5) is 0. The lowest BCUT2D eigenvalue weighted by Crippen LogP contribution is -2.14. The molecule has 0 spiro atoms. The summed E-state index contributed by atoms with van der Waals surface area (Å²) in [6.45, 7) is 6.70. The smallest absolute Gasteiger partial charge is 0.179 e. The molecule has 3 nitrogen and oxygen atoms in total. The molecule has 0 aromatic heterocycles. The normalized spacial score (nSPS) is 10.6. The summed E-state index contributed by atoms with van der Waals surface area (Å²) in [6, 6.07) is 3.92.